The molecular formula is C13H17NO4. The number of morpholine rings is 1. The largest absolute Gasteiger partial charge is 0.465 e. The number of rotatable bonds is 3. The van der Waals surface area contributed by atoms with E-state index in [4.69, 9.17) is 14.3 Å². The molecule has 0 saturated carbocycles. The maximum Gasteiger partial charge on any atom is 0.247 e. The van der Waals surface area contributed by atoms with Gasteiger partial charge in [-0.2, -0.15) is 0 Å². The number of aliphatic hydroxyl groups is 1. The van der Waals surface area contributed by atoms with E-state index < -0.39 is 0 Å². The second kappa shape index (κ2) is 5.84. The standard InChI is InChI=1S/C13H17NO4/c1-10-9-18-12(8-15)7-14(10)13(16)5-4-11-3-2-6-17-11/h2-6,10,12,15H,7-9H2,1H3/b5-4+. The van der Waals surface area contributed by atoms with Crippen LogP contribution in [0.25, 0.3) is 6.08 Å². The van der Waals surface area contributed by atoms with Crippen LogP contribution in [0.15, 0.2) is 28.9 Å². The topological polar surface area (TPSA) is 62.9 Å². The van der Waals surface area contributed by atoms with Crippen LogP contribution in [-0.2, 0) is 9.53 Å². The predicted octanol–water partition coefficient (Wildman–Crippen LogP) is 0.901. The molecule has 2 heterocycles. The zero-order chi connectivity index (χ0) is 13.0. The molecule has 2 atom stereocenters. The molecule has 5 nitrogen and oxygen atoms in total. The van der Waals surface area contributed by atoms with Crippen molar-refractivity contribution in [1.29, 1.82) is 0 Å². The van der Waals surface area contributed by atoms with Gasteiger partial charge in [0.1, 0.15) is 5.76 Å². The van der Waals surface area contributed by atoms with Crippen LogP contribution in [0, 0.1) is 0 Å². The highest BCUT2D eigenvalue weighted by atomic mass is 16.5. The number of nitrogens with zero attached hydrogens (tertiary/aromatic N) is 1. The normalized spacial score (nSPS) is 24.7. The molecule has 0 aliphatic carbocycles. The molecule has 1 saturated heterocycles. The third-order valence-electron chi connectivity index (χ3n) is 2.93. The Balaban J connectivity index is 1.98. The van der Waals surface area contributed by atoms with Crippen molar-refractivity contribution in [2.75, 3.05) is 19.8 Å². The summed E-state index contributed by atoms with van der Waals surface area (Å²) in [4.78, 5) is 13.7. The summed E-state index contributed by atoms with van der Waals surface area (Å²) in [6.45, 7) is 2.72. The Morgan fingerprint density at radius 3 is 3.17 bits per heavy atom. The Kier molecular flexibility index (Phi) is 4.17. The van der Waals surface area contributed by atoms with E-state index in [-0.39, 0.29) is 24.7 Å². The average Bonchev–Trinajstić information content (AvgIpc) is 2.89. The smallest absolute Gasteiger partial charge is 0.247 e. The third kappa shape index (κ3) is 3.00. The molecule has 1 N–H and O–H groups in total. The van der Waals surface area contributed by atoms with Gasteiger partial charge in [0.2, 0.25) is 5.91 Å². The Morgan fingerprint density at radius 1 is 1.67 bits per heavy atom. The lowest BCUT2D eigenvalue weighted by Gasteiger charge is -2.36. The Hall–Kier alpha value is -1.59. The molecule has 1 aromatic heterocycles. The van der Waals surface area contributed by atoms with Crippen LogP contribution in [0.3, 0.4) is 0 Å². The lowest BCUT2D eigenvalue weighted by atomic mass is 10.2. The van der Waals surface area contributed by atoms with Crippen LogP contribution in [-0.4, -0.2) is 47.8 Å². The van der Waals surface area contributed by atoms with Crippen molar-refractivity contribution >= 4 is 12.0 Å². The van der Waals surface area contributed by atoms with Crippen molar-refractivity contribution in [3.63, 3.8) is 0 Å². The zero-order valence-corrected chi connectivity index (χ0v) is 10.3. The van der Waals surface area contributed by atoms with E-state index in [1.165, 1.54) is 6.08 Å². The van der Waals surface area contributed by atoms with Crippen LogP contribution >= 0.6 is 0 Å². The summed E-state index contributed by atoms with van der Waals surface area (Å²) in [6, 6.07) is 3.56. The highest BCUT2D eigenvalue weighted by molar-refractivity contribution is 5.91. The monoisotopic (exact) mass is 251 g/mol. The minimum Gasteiger partial charge on any atom is -0.465 e. The number of carbonyl (C=O) groups excluding carboxylic acids is 1. The third-order valence-corrected chi connectivity index (χ3v) is 2.93. The Labute approximate surface area is 106 Å². The summed E-state index contributed by atoms with van der Waals surface area (Å²) in [5.41, 5.74) is 0. The van der Waals surface area contributed by atoms with Gasteiger partial charge in [-0.05, 0) is 25.1 Å². The van der Waals surface area contributed by atoms with E-state index in [0.29, 0.717) is 18.9 Å². The van der Waals surface area contributed by atoms with Gasteiger partial charge < -0.3 is 19.2 Å². The molecule has 0 bridgehead atoms. The van der Waals surface area contributed by atoms with Crippen molar-refractivity contribution in [2.45, 2.75) is 19.1 Å². The van der Waals surface area contributed by atoms with Crippen molar-refractivity contribution in [3.8, 4) is 0 Å². The highest BCUT2D eigenvalue weighted by Gasteiger charge is 2.27. The van der Waals surface area contributed by atoms with Crippen LogP contribution in [0.2, 0.25) is 0 Å². The molecular weight excluding hydrogens is 234 g/mol. The molecule has 1 aliphatic rings. The van der Waals surface area contributed by atoms with Gasteiger partial charge in [0.25, 0.3) is 0 Å². The first-order valence-corrected chi connectivity index (χ1v) is 5.95. The van der Waals surface area contributed by atoms with E-state index >= 15 is 0 Å². The molecule has 0 aromatic carbocycles. The highest BCUT2D eigenvalue weighted by Crippen LogP contribution is 2.13. The van der Waals surface area contributed by atoms with Crippen molar-refractivity contribution < 1.29 is 19.1 Å². The molecule has 1 fully saturated rings. The number of aliphatic hydroxyl groups excluding tert-OH is 1. The Bertz CT molecular complexity index is 413. The fraction of sp³-hybridized carbons (Fsp3) is 0.462. The molecule has 2 rings (SSSR count). The first-order chi connectivity index (χ1) is 8.70. The maximum atomic E-state index is 12.0. The summed E-state index contributed by atoms with van der Waals surface area (Å²) in [6.07, 6.45) is 4.39. The van der Waals surface area contributed by atoms with Crippen molar-refractivity contribution in [3.05, 3.63) is 30.2 Å². The fourth-order valence-corrected chi connectivity index (χ4v) is 1.87. The quantitative estimate of drug-likeness (QED) is 0.811. The van der Waals surface area contributed by atoms with Crippen molar-refractivity contribution in [2.24, 2.45) is 0 Å². The summed E-state index contributed by atoms with van der Waals surface area (Å²) in [5.74, 6) is 0.545. The molecule has 5 heteroatoms. The van der Waals surface area contributed by atoms with Crippen LogP contribution in [0.4, 0.5) is 0 Å². The van der Waals surface area contributed by atoms with Crippen LogP contribution in [0.1, 0.15) is 12.7 Å². The van der Waals surface area contributed by atoms with Gasteiger partial charge >= 0.3 is 0 Å². The zero-order valence-electron chi connectivity index (χ0n) is 10.3. The van der Waals surface area contributed by atoms with Crippen LogP contribution < -0.4 is 0 Å². The predicted molar refractivity (Wildman–Crippen MR) is 65.7 cm³/mol. The second-order valence-corrected chi connectivity index (χ2v) is 4.33. The van der Waals surface area contributed by atoms with Gasteiger partial charge in [-0.3, -0.25) is 4.79 Å². The second-order valence-electron chi connectivity index (χ2n) is 4.33. The van der Waals surface area contributed by atoms with Gasteiger partial charge in [-0.1, -0.05) is 0 Å². The summed E-state index contributed by atoms with van der Waals surface area (Å²) in [5, 5.41) is 9.06. The van der Waals surface area contributed by atoms with E-state index in [0.717, 1.165) is 0 Å². The molecule has 98 valence electrons. The summed E-state index contributed by atoms with van der Waals surface area (Å²) >= 11 is 0. The van der Waals surface area contributed by atoms with E-state index in [9.17, 15) is 4.79 Å². The number of amides is 1. The van der Waals surface area contributed by atoms with Gasteiger partial charge in [-0.25, -0.2) is 0 Å². The Morgan fingerprint density at radius 2 is 2.50 bits per heavy atom. The lowest BCUT2D eigenvalue weighted by Crippen LogP contribution is -2.51. The maximum absolute atomic E-state index is 12.0. The molecule has 18 heavy (non-hydrogen) atoms. The number of furan rings is 1. The molecule has 0 spiro atoms. The molecule has 1 aromatic rings. The van der Waals surface area contributed by atoms with Crippen molar-refractivity contribution in [1.82, 2.24) is 4.90 Å². The van der Waals surface area contributed by atoms with Crippen LogP contribution in [0.5, 0.6) is 0 Å². The van der Waals surface area contributed by atoms with E-state index in [1.54, 1.807) is 29.4 Å². The lowest BCUT2D eigenvalue weighted by molar-refractivity contribution is -0.140. The van der Waals surface area contributed by atoms with Gasteiger partial charge in [0.05, 0.1) is 31.6 Å². The van der Waals surface area contributed by atoms with Gasteiger partial charge in [0.15, 0.2) is 0 Å². The molecule has 1 amide bonds. The molecule has 0 radical (unpaired) electrons. The molecule has 2 unspecified atom stereocenters. The number of ether oxygens (including phenoxy) is 1. The fourth-order valence-electron chi connectivity index (χ4n) is 1.87. The summed E-state index contributed by atoms with van der Waals surface area (Å²) in [7, 11) is 0. The minimum atomic E-state index is -0.290. The number of carbonyl (C=O) groups is 1. The molecule has 1 aliphatic heterocycles. The van der Waals surface area contributed by atoms with E-state index in [2.05, 4.69) is 0 Å². The summed E-state index contributed by atoms with van der Waals surface area (Å²) < 4.78 is 10.5. The minimum absolute atomic E-state index is 0.0153. The first-order valence-electron chi connectivity index (χ1n) is 5.95. The number of hydrogen-bond acceptors (Lipinski definition) is 4. The SMILES string of the molecule is CC1COC(CO)CN1C(=O)/C=C/c1ccco1. The van der Waals surface area contributed by atoms with E-state index in [1.807, 2.05) is 6.92 Å². The number of hydrogen-bond donors (Lipinski definition) is 1. The van der Waals surface area contributed by atoms with Gasteiger partial charge in [-0.15, -0.1) is 0 Å². The average molecular weight is 251 g/mol. The van der Waals surface area contributed by atoms with Gasteiger partial charge in [0, 0.05) is 12.6 Å². The first kappa shape index (κ1) is 12.9.